The van der Waals surface area contributed by atoms with Crippen molar-refractivity contribution < 1.29 is 19.4 Å². The molecule has 22 heavy (non-hydrogen) atoms. The van der Waals surface area contributed by atoms with Crippen LogP contribution in [0, 0.1) is 0 Å². The number of methoxy groups -OCH3 is 1. The van der Waals surface area contributed by atoms with E-state index in [1.807, 2.05) is 18.2 Å². The highest BCUT2D eigenvalue weighted by Crippen LogP contribution is 2.24. The van der Waals surface area contributed by atoms with Gasteiger partial charge in [0.15, 0.2) is 0 Å². The Morgan fingerprint density at radius 2 is 2.14 bits per heavy atom. The molecule has 0 aromatic heterocycles. The maximum Gasteiger partial charge on any atom is 0.320 e. The summed E-state index contributed by atoms with van der Waals surface area (Å²) in [5.41, 5.74) is 0.882. The molecule has 1 aromatic rings. The van der Waals surface area contributed by atoms with Gasteiger partial charge in [-0.2, -0.15) is 0 Å². The van der Waals surface area contributed by atoms with Crippen LogP contribution in [0.25, 0.3) is 0 Å². The Morgan fingerprint density at radius 3 is 2.68 bits per heavy atom. The number of hydrogen-bond donors (Lipinski definition) is 2. The minimum atomic E-state index is -0.906. The topological polar surface area (TPSA) is 78.9 Å². The van der Waals surface area contributed by atoms with Crippen molar-refractivity contribution in [3.8, 4) is 5.75 Å². The molecule has 1 aromatic carbocycles. The van der Waals surface area contributed by atoms with Crippen LogP contribution in [-0.4, -0.2) is 48.1 Å². The first-order chi connectivity index (χ1) is 10.3. The molecule has 0 fully saturated rings. The maximum absolute atomic E-state index is 11.3. The Labute approximate surface area is 138 Å². The first-order valence-corrected chi connectivity index (χ1v) is 7.68. The fraction of sp³-hybridized carbons (Fsp3) is 0.467. The molecule has 0 radical (unpaired) electrons. The highest BCUT2D eigenvalue weighted by atomic mass is 79.9. The molecule has 1 unspecified atom stereocenters. The van der Waals surface area contributed by atoms with Crippen molar-refractivity contribution in [2.24, 2.45) is 0 Å². The van der Waals surface area contributed by atoms with Crippen molar-refractivity contribution in [3.63, 3.8) is 0 Å². The van der Waals surface area contributed by atoms with E-state index in [1.165, 1.54) is 6.92 Å². The Kier molecular flexibility index (Phi) is 7.34. The molecule has 0 saturated heterocycles. The summed E-state index contributed by atoms with van der Waals surface area (Å²) in [6, 6.07) is 4.93. The van der Waals surface area contributed by atoms with E-state index in [0.29, 0.717) is 25.4 Å². The monoisotopic (exact) mass is 372 g/mol. The lowest BCUT2D eigenvalue weighted by atomic mass is 10.1. The smallest absolute Gasteiger partial charge is 0.320 e. The van der Waals surface area contributed by atoms with Gasteiger partial charge < -0.3 is 15.2 Å². The van der Waals surface area contributed by atoms with Crippen LogP contribution in [0.4, 0.5) is 0 Å². The van der Waals surface area contributed by atoms with Crippen LogP contribution in [0.3, 0.4) is 0 Å². The van der Waals surface area contributed by atoms with Gasteiger partial charge in [0.05, 0.1) is 7.11 Å². The zero-order chi connectivity index (χ0) is 16.7. The molecule has 1 rings (SSSR count). The molecule has 7 heteroatoms. The largest absolute Gasteiger partial charge is 0.496 e. The Hall–Kier alpha value is -1.60. The average Bonchev–Trinajstić information content (AvgIpc) is 2.45. The first kappa shape index (κ1) is 18.4. The standard InChI is InChI=1S/C15H21BrN2O4/c1-10(15(20)21)18(7-6-17-11(2)19)9-12-8-13(16)4-5-14(12)22-3/h4-5,8,10H,6-7,9H2,1-3H3,(H,17,19)(H,20,21). The summed E-state index contributed by atoms with van der Waals surface area (Å²) in [5.74, 6) is -0.343. The van der Waals surface area contributed by atoms with E-state index in [4.69, 9.17) is 4.74 Å². The molecule has 0 aliphatic carbocycles. The summed E-state index contributed by atoms with van der Waals surface area (Å²) in [7, 11) is 1.58. The van der Waals surface area contributed by atoms with E-state index in [0.717, 1.165) is 10.0 Å². The molecular formula is C15H21BrN2O4. The minimum absolute atomic E-state index is 0.136. The molecule has 0 spiro atoms. The third-order valence-corrected chi connectivity index (χ3v) is 3.79. The number of benzene rings is 1. The highest BCUT2D eigenvalue weighted by molar-refractivity contribution is 9.10. The number of carboxylic acids is 1. The molecule has 2 N–H and O–H groups in total. The number of nitrogens with zero attached hydrogens (tertiary/aromatic N) is 1. The molecule has 0 heterocycles. The third kappa shape index (κ3) is 5.65. The second-order valence-corrected chi connectivity index (χ2v) is 5.84. The van der Waals surface area contributed by atoms with Crippen molar-refractivity contribution in [2.45, 2.75) is 26.4 Å². The summed E-state index contributed by atoms with van der Waals surface area (Å²) in [4.78, 5) is 24.0. The number of ether oxygens (including phenoxy) is 1. The van der Waals surface area contributed by atoms with Gasteiger partial charge in [0.2, 0.25) is 5.91 Å². The van der Waals surface area contributed by atoms with E-state index < -0.39 is 12.0 Å². The zero-order valence-corrected chi connectivity index (χ0v) is 14.5. The van der Waals surface area contributed by atoms with Crippen molar-refractivity contribution in [2.75, 3.05) is 20.2 Å². The number of aliphatic carboxylic acids is 1. The van der Waals surface area contributed by atoms with Crippen molar-refractivity contribution in [1.29, 1.82) is 0 Å². The van der Waals surface area contributed by atoms with Gasteiger partial charge in [-0.05, 0) is 25.1 Å². The molecule has 0 aliphatic rings. The number of carbonyl (C=O) groups is 2. The van der Waals surface area contributed by atoms with Crippen LogP contribution in [0.2, 0.25) is 0 Å². The van der Waals surface area contributed by atoms with Crippen LogP contribution in [0.15, 0.2) is 22.7 Å². The van der Waals surface area contributed by atoms with Crippen molar-refractivity contribution in [3.05, 3.63) is 28.2 Å². The van der Waals surface area contributed by atoms with E-state index in [-0.39, 0.29) is 5.91 Å². The van der Waals surface area contributed by atoms with Gasteiger partial charge in [-0.15, -0.1) is 0 Å². The molecule has 0 saturated carbocycles. The minimum Gasteiger partial charge on any atom is -0.496 e. The lowest BCUT2D eigenvalue weighted by molar-refractivity contribution is -0.142. The number of halogens is 1. The summed E-state index contributed by atoms with van der Waals surface area (Å²) in [5, 5.41) is 11.9. The number of carboxylic acid groups (broad SMARTS) is 1. The lowest BCUT2D eigenvalue weighted by Crippen LogP contribution is -2.42. The number of nitrogens with one attached hydrogen (secondary N) is 1. The number of rotatable bonds is 8. The molecule has 6 nitrogen and oxygen atoms in total. The van der Waals surface area contributed by atoms with Crippen LogP contribution >= 0.6 is 15.9 Å². The highest BCUT2D eigenvalue weighted by Gasteiger charge is 2.21. The van der Waals surface area contributed by atoms with E-state index in [1.54, 1.807) is 18.9 Å². The lowest BCUT2D eigenvalue weighted by Gasteiger charge is -2.27. The van der Waals surface area contributed by atoms with Gasteiger partial charge in [-0.3, -0.25) is 14.5 Å². The number of carbonyl (C=O) groups excluding carboxylic acids is 1. The normalized spacial score (nSPS) is 12.0. The van der Waals surface area contributed by atoms with E-state index in [9.17, 15) is 14.7 Å². The molecular weight excluding hydrogens is 352 g/mol. The van der Waals surface area contributed by atoms with Crippen molar-refractivity contribution >= 4 is 27.8 Å². The van der Waals surface area contributed by atoms with Crippen LogP contribution in [0.1, 0.15) is 19.4 Å². The van der Waals surface area contributed by atoms with Crippen LogP contribution < -0.4 is 10.1 Å². The molecule has 122 valence electrons. The molecule has 1 atom stereocenters. The Bertz CT molecular complexity index is 536. The second kappa shape index (κ2) is 8.75. The van der Waals surface area contributed by atoms with Gasteiger partial charge in [-0.1, -0.05) is 15.9 Å². The zero-order valence-electron chi connectivity index (χ0n) is 12.9. The molecule has 0 bridgehead atoms. The Morgan fingerprint density at radius 1 is 1.45 bits per heavy atom. The summed E-state index contributed by atoms with van der Waals surface area (Å²) in [6.45, 7) is 4.30. The number of amides is 1. The fourth-order valence-corrected chi connectivity index (χ4v) is 2.44. The van der Waals surface area contributed by atoms with Gasteiger partial charge in [0.25, 0.3) is 0 Å². The summed E-state index contributed by atoms with van der Waals surface area (Å²) >= 11 is 3.41. The van der Waals surface area contributed by atoms with Crippen LogP contribution in [-0.2, 0) is 16.1 Å². The van der Waals surface area contributed by atoms with E-state index in [2.05, 4.69) is 21.2 Å². The molecule has 1 amide bonds. The fourth-order valence-electron chi connectivity index (χ4n) is 2.03. The number of hydrogen-bond acceptors (Lipinski definition) is 4. The maximum atomic E-state index is 11.3. The van der Waals surface area contributed by atoms with Gasteiger partial charge in [0, 0.05) is 36.6 Å². The van der Waals surface area contributed by atoms with Gasteiger partial charge in [0.1, 0.15) is 11.8 Å². The third-order valence-electron chi connectivity index (χ3n) is 3.29. The van der Waals surface area contributed by atoms with Gasteiger partial charge in [-0.25, -0.2) is 0 Å². The SMILES string of the molecule is COc1ccc(Br)cc1CN(CCNC(C)=O)C(C)C(=O)O. The Balaban J connectivity index is 2.89. The molecule has 0 aliphatic heterocycles. The van der Waals surface area contributed by atoms with Gasteiger partial charge >= 0.3 is 5.97 Å². The predicted molar refractivity (Wildman–Crippen MR) is 86.9 cm³/mol. The second-order valence-electron chi connectivity index (χ2n) is 4.92. The van der Waals surface area contributed by atoms with E-state index >= 15 is 0 Å². The summed E-state index contributed by atoms with van der Waals surface area (Å²) < 4.78 is 6.22. The predicted octanol–water partition coefficient (Wildman–Crippen LogP) is 1.87. The first-order valence-electron chi connectivity index (χ1n) is 6.89. The average molecular weight is 373 g/mol. The summed E-state index contributed by atoms with van der Waals surface area (Å²) in [6.07, 6.45) is 0. The quantitative estimate of drug-likeness (QED) is 0.728. The van der Waals surface area contributed by atoms with Crippen molar-refractivity contribution in [1.82, 2.24) is 10.2 Å². The van der Waals surface area contributed by atoms with Crippen LogP contribution in [0.5, 0.6) is 5.75 Å².